The van der Waals surface area contributed by atoms with Crippen molar-refractivity contribution in [2.75, 3.05) is 5.32 Å². The van der Waals surface area contributed by atoms with Crippen molar-refractivity contribution >= 4 is 32.4 Å². The summed E-state index contributed by atoms with van der Waals surface area (Å²) in [7, 11) is 0. The summed E-state index contributed by atoms with van der Waals surface area (Å²) < 4.78 is 14.2. The molecule has 0 radical (unpaired) electrons. The Morgan fingerprint density at radius 2 is 1.76 bits per heavy atom. The number of nitrogens with one attached hydrogen (secondary N) is 1. The number of aromatic nitrogens is 1. The molecule has 2 nitrogen and oxygen atoms in total. The van der Waals surface area contributed by atoms with Crippen LogP contribution in [0.4, 0.5) is 15.2 Å². The predicted molar refractivity (Wildman–Crippen MR) is 88.0 cm³/mol. The number of nitrogens with zero attached hydrogens (tertiary/aromatic N) is 1. The van der Waals surface area contributed by atoms with Gasteiger partial charge in [-0.2, -0.15) is 0 Å². The molecule has 0 spiro atoms. The van der Waals surface area contributed by atoms with Crippen LogP contribution in [0.5, 0.6) is 0 Å². The quantitative estimate of drug-likeness (QED) is 0.678. The van der Waals surface area contributed by atoms with Gasteiger partial charge in [0.05, 0.1) is 10.2 Å². The molecule has 0 bridgehead atoms. The molecule has 0 fully saturated rings. The maximum atomic E-state index is 13.2. The van der Waals surface area contributed by atoms with Gasteiger partial charge in [0, 0.05) is 11.8 Å². The van der Waals surface area contributed by atoms with Crippen LogP contribution in [0.1, 0.15) is 26.3 Å². The monoisotopic (exact) mass is 300 g/mol. The lowest BCUT2D eigenvalue weighted by atomic mass is 9.87. The van der Waals surface area contributed by atoms with Crippen molar-refractivity contribution < 1.29 is 4.39 Å². The van der Waals surface area contributed by atoms with Gasteiger partial charge in [-0.05, 0) is 35.2 Å². The smallest absolute Gasteiger partial charge is 0.188 e. The van der Waals surface area contributed by atoms with Gasteiger partial charge in [-0.3, -0.25) is 0 Å². The Bertz CT molecular complexity index is 770. The first-order valence-electron chi connectivity index (χ1n) is 6.85. The first-order valence-corrected chi connectivity index (χ1v) is 7.67. The molecule has 0 aliphatic carbocycles. The zero-order chi connectivity index (χ0) is 15.0. The molecule has 3 aromatic rings. The zero-order valence-corrected chi connectivity index (χ0v) is 13.1. The number of rotatable bonds is 2. The standard InChI is InChI=1S/C17H17FN2S/c1-17(2,3)11-4-7-13(8-5-11)19-16-20-14-10-12(18)6-9-15(14)21-16/h4-10H,1-3H3,(H,19,20). The van der Waals surface area contributed by atoms with Gasteiger partial charge in [0.15, 0.2) is 5.13 Å². The highest BCUT2D eigenvalue weighted by Crippen LogP contribution is 2.30. The Kier molecular flexibility index (Phi) is 3.41. The molecule has 1 N–H and O–H groups in total. The van der Waals surface area contributed by atoms with Crippen LogP contribution in [-0.4, -0.2) is 4.98 Å². The van der Waals surface area contributed by atoms with E-state index in [0.717, 1.165) is 15.5 Å². The fraction of sp³-hybridized carbons (Fsp3) is 0.235. The van der Waals surface area contributed by atoms with E-state index >= 15 is 0 Å². The van der Waals surface area contributed by atoms with Crippen molar-refractivity contribution in [3.8, 4) is 0 Å². The number of halogens is 1. The summed E-state index contributed by atoms with van der Waals surface area (Å²) in [6.45, 7) is 6.58. The zero-order valence-electron chi connectivity index (χ0n) is 12.3. The van der Waals surface area contributed by atoms with Crippen LogP contribution in [-0.2, 0) is 5.41 Å². The van der Waals surface area contributed by atoms with E-state index in [1.165, 1.54) is 29.0 Å². The number of hydrogen-bond donors (Lipinski definition) is 1. The molecule has 0 unspecified atom stereocenters. The van der Waals surface area contributed by atoms with Gasteiger partial charge in [-0.15, -0.1) is 0 Å². The third kappa shape index (κ3) is 3.05. The van der Waals surface area contributed by atoms with Crippen molar-refractivity contribution in [1.82, 2.24) is 4.98 Å². The third-order valence-corrected chi connectivity index (χ3v) is 4.30. The normalized spacial score (nSPS) is 11.8. The molecule has 0 aliphatic rings. The van der Waals surface area contributed by atoms with Crippen LogP contribution in [0.3, 0.4) is 0 Å². The minimum Gasteiger partial charge on any atom is -0.332 e. The Morgan fingerprint density at radius 1 is 1.05 bits per heavy atom. The lowest BCUT2D eigenvalue weighted by molar-refractivity contribution is 0.590. The fourth-order valence-electron chi connectivity index (χ4n) is 2.13. The van der Waals surface area contributed by atoms with Gasteiger partial charge >= 0.3 is 0 Å². The highest BCUT2D eigenvalue weighted by Gasteiger charge is 2.13. The van der Waals surface area contributed by atoms with Crippen LogP contribution < -0.4 is 5.32 Å². The van der Waals surface area contributed by atoms with Crippen LogP contribution in [0.2, 0.25) is 0 Å². The fourth-order valence-corrected chi connectivity index (χ4v) is 3.00. The average molecular weight is 300 g/mol. The van der Waals surface area contributed by atoms with Crippen molar-refractivity contribution in [3.05, 3.63) is 53.8 Å². The molecule has 0 amide bonds. The van der Waals surface area contributed by atoms with E-state index in [-0.39, 0.29) is 11.2 Å². The van der Waals surface area contributed by atoms with Gasteiger partial charge in [0.1, 0.15) is 5.82 Å². The van der Waals surface area contributed by atoms with Crippen LogP contribution in [0.15, 0.2) is 42.5 Å². The first-order chi connectivity index (χ1) is 9.91. The van der Waals surface area contributed by atoms with E-state index in [1.807, 2.05) is 12.1 Å². The Morgan fingerprint density at radius 3 is 2.43 bits per heavy atom. The van der Waals surface area contributed by atoms with E-state index in [4.69, 9.17) is 0 Å². The minimum atomic E-state index is -0.256. The van der Waals surface area contributed by atoms with Crippen molar-refractivity contribution in [3.63, 3.8) is 0 Å². The number of fused-ring (bicyclic) bond motifs is 1. The topological polar surface area (TPSA) is 24.9 Å². The summed E-state index contributed by atoms with van der Waals surface area (Å²) in [5.41, 5.74) is 3.11. The van der Waals surface area contributed by atoms with Gasteiger partial charge in [-0.1, -0.05) is 44.2 Å². The summed E-state index contributed by atoms with van der Waals surface area (Å²) in [5.74, 6) is -0.256. The lowest BCUT2D eigenvalue weighted by Crippen LogP contribution is -2.10. The van der Waals surface area contributed by atoms with Crippen molar-refractivity contribution in [2.24, 2.45) is 0 Å². The van der Waals surface area contributed by atoms with Crippen LogP contribution in [0.25, 0.3) is 10.2 Å². The molecular formula is C17H17FN2S. The molecule has 1 heterocycles. The molecule has 0 aliphatic heterocycles. The Labute approximate surface area is 127 Å². The lowest BCUT2D eigenvalue weighted by Gasteiger charge is -2.19. The molecule has 108 valence electrons. The third-order valence-electron chi connectivity index (χ3n) is 3.35. The Balaban J connectivity index is 1.84. The van der Waals surface area contributed by atoms with E-state index in [1.54, 1.807) is 6.07 Å². The largest absolute Gasteiger partial charge is 0.332 e. The second kappa shape index (κ2) is 5.11. The van der Waals surface area contributed by atoms with E-state index < -0.39 is 0 Å². The number of benzene rings is 2. The number of anilines is 2. The highest BCUT2D eigenvalue weighted by molar-refractivity contribution is 7.22. The van der Waals surface area contributed by atoms with Crippen molar-refractivity contribution in [2.45, 2.75) is 26.2 Å². The van der Waals surface area contributed by atoms with Gasteiger partial charge in [0.25, 0.3) is 0 Å². The molecule has 0 saturated carbocycles. The van der Waals surface area contributed by atoms with Crippen molar-refractivity contribution in [1.29, 1.82) is 0 Å². The highest BCUT2D eigenvalue weighted by atomic mass is 32.1. The van der Waals surface area contributed by atoms with Gasteiger partial charge < -0.3 is 5.32 Å². The first kappa shape index (κ1) is 14.0. The number of hydrogen-bond acceptors (Lipinski definition) is 3. The van der Waals surface area contributed by atoms with Crippen LogP contribution in [0, 0.1) is 5.82 Å². The minimum absolute atomic E-state index is 0.145. The molecule has 0 atom stereocenters. The number of thiazole rings is 1. The molecular weight excluding hydrogens is 283 g/mol. The van der Waals surface area contributed by atoms with E-state index in [2.05, 4.69) is 43.2 Å². The second-order valence-corrected chi connectivity index (χ2v) is 7.11. The molecule has 3 rings (SSSR count). The molecule has 0 saturated heterocycles. The van der Waals surface area contributed by atoms with Crippen LogP contribution >= 0.6 is 11.3 Å². The summed E-state index contributed by atoms with van der Waals surface area (Å²) in [4.78, 5) is 4.41. The Hall–Kier alpha value is -1.94. The summed E-state index contributed by atoms with van der Waals surface area (Å²) >= 11 is 1.52. The maximum absolute atomic E-state index is 13.2. The summed E-state index contributed by atoms with van der Waals surface area (Å²) in [6, 6.07) is 13.0. The van der Waals surface area contributed by atoms with Gasteiger partial charge in [0.2, 0.25) is 0 Å². The molecule has 21 heavy (non-hydrogen) atoms. The summed E-state index contributed by atoms with van der Waals surface area (Å²) in [5, 5.41) is 4.05. The summed E-state index contributed by atoms with van der Waals surface area (Å²) in [6.07, 6.45) is 0. The van der Waals surface area contributed by atoms with E-state index in [9.17, 15) is 4.39 Å². The molecule has 4 heteroatoms. The van der Waals surface area contributed by atoms with E-state index in [0.29, 0.717) is 5.52 Å². The SMILES string of the molecule is CC(C)(C)c1ccc(Nc2nc3cc(F)ccc3s2)cc1. The maximum Gasteiger partial charge on any atom is 0.188 e. The second-order valence-electron chi connectivity index (χ2n) is 6.08. The molecule has 2 aromatic carbocycles. The average Bonchev–Trinajstić information content (AvgIpc) is 2.79. The van der Waals surface area contributed by atoms with Gasteiger partial charge in [-0.25, -0.2) is 9.37 Å². The predicted octanol–water partition coefficient (Wildman–Crippen LogP) is 5.48. The molecule has 1 aromatic heterocycles.